The number of ether oxygens (including phenoxy) is 4. The van der Waals surface area contributed by atoms with Crippen LogP contribution in [0.1, 0.15) is 97.7 Å². The first-order valence-corrected chi connectivity index (χ1v) is 17.9. The molecule has 5 aliphatic carbocycles. The second kappa shape index (κ2) is 9.26. The van der Waals surface area contributed by atoms with Gasteiger partial charge in [0.2, 0.25) is 5.79 Å². The molecule has 7 heteroatoms. The summed E-state index contributed by atoms with van der Waals surface area (Å²) in [4.78, 5) is 40.2. The maximum Gasteiger partial charge on any atom is 0.312 e. The Hall–Kier alpha value is -2.77. The Morgan fingerprint density at radius 3 is 2.55 bits per heavy atom. The Labute approximate surface area is 277 Å². The van der Waals surface area contributed by atoms with Crippen LogP contribution in [0.4, 0.5) is 0 Å². The van der Waals surface area contributed by atoms with Crippen molar-refractivity contribution in [3.8, 4) is 0 Å². The van der Waals surface area contributed by atoms with Crippen LogP contribution in [0.3, 0.4) is 0 Å². The first kappa shape index (κ1) is 30.3. The molecule has 2 unspecified atom stereocenters. The summed E-state index contributed by atoms with van der Waals surface area (Å²) >= 11 is 0. The topological polar surface area (TPSA) is 88.1 Å². The van der Waals surface area contributed by atoms with Gasteiger partial charge in [-0.15, -0.1) is 0 Å². The Morgan fingerprint density at radius 1 is 1.00 bits per heavy atom. The first-order valence-electron chi connectivity index (χ1n) is 17.9. The summed E-state index contributed by atoms with van der Waals surface area (Å²) < 4.78 is 24.4. The fraction of sp³-hybridized carbons (Fsp3) is 0.675. The summed E-state index contributed by atoms with van der Waals surface area (Å²) in [5.74, 6) is -1.01. The van der Waals surface area contributed by atoms with Gasteiger partial charge in [0, 0.05) is 30.6 Å². The molecule has 1 aromatic rings. The highest BCUT2D eigenvalue weighted by Crippen LogP contribution is 2.89. The van der Waals surface area contributed by atoms with Crippen molar-refractivity contribution in [3.05, 3.63) is 59.7 Å². The quantitative estimate of drug-likeness (QED) is 0.258. The molecule has 8 aliphatic rings. The number of hydrogen-bond donors (Lipinski definition) is 0. The number of hydrogen-bond acceptors (Lipinski definition) is 7. The third-order valence-electron chi connectivity index (χ3n) is 15.3. The molecule has 6 fully saturated rings. The van der Waals surface area contributed by atoms with Gasteiger partial charge in [0.25, 0.3) is 0 Å². The van der Waals surface area contributed by atoms with E-state index in [0.29, 0.717) is 31.7 Å². The summed E-state index contributed by atoms with van der Waals surface area (Å²) in [7, 11) is 0. The predicted molar refractivity (Wildman–Crippen MR) is 172 cm³/mol. The van der Waals surface area contributed by atoms with E-state index in [9.17, 15) is 14.4 Å². The molecule has 250 valence electrons. The molecule has 1 spiro atoms. The molecule has 0 aromatic heterocycles. The van der Waals surface area contributed by atoms with Gasteiger partial charge >= 0.3 is 11.9 Å². The zero-order valence-corrected chi connectivity index (χ0v) is 28.4. The standard InChI is InChI=1S/C40H48O7/c1-24(41)46-34(2)20-40(45-22-34)19-27(33(43)47-40)28-12-16-39-21-38(28,39)15-13-30-35(3)14-11-26-17-29(25-9-7-6-8-10-25)44-23-36(26,4)31(35)18-32(42)37(30,39)5/h6-11,13,15,27-31H,12,14,16-23H2,1-5H3/t27-,28-,29-,30+,31+,34+,35+,36-,37-,38?,39?,40+/m0/s1. The number of fused-ring (bicyclic) bond motifs is 5. The molecule has 0 radical (unpaired) electrons. The number of allylic oxidation sites excluding steroid dienone is 3. The number of ketones is 1. The first-order chi connectivity index (χ1) is 22.2. The van der Waals surface area contributed by atoms with E-state index in [1.165, 1.54) is 18.1 Å². The number of esters is 2. The van der Waals surface area contributed by atoms with Gasteiger partial charge in [-0.2, -0.15) is 0 Å². The van der Waals surface area contributed by atoms with Gasteiger partial charge < -0.3 is 18.9 Å². The number of rotatable bonds is 3. The molecule has 1 aromatic carbocycles. The van der Waals surface area contributed by atoms with Crippen LogP contribution in [-0.4, -0.2) is 42.3 Å². The summed E-state index contributed by atoms with van der Waals surface area (Å²) in [5.41, 5.74) is 0.897. The lowest BCUT2D eigenvalue weighted by molar-refractivity contribution is -0.192. The highest BCUT2D eigenvalue weighted by Gasteiger charge is 2.85. The van der Waals surface area contributed by atoms with Crippen LogP contribution in [0.25, 0.3) is 0 Å². The molecule has 3 saturated carbocycles. The van der Waals surface area contributed by atoms with Gasteiger partial charge in [-0.25, -0.2) is 0 Å². The second-order valence-corrected chi connectivity index (χ2v) is 17.6. The number of Topliss-reactive ketones (excluding diaryl/α,β-unsaturated/α-hetero) is 1. The van der Waals surface area contributed by atoms with Gasteiger partial charge in [-0.3, -0.25) is 14.4 Å². The van der Waals surface area contributed by atoms with Crippen molar-refractivity contribution in [2.45, 2.75) is 103 Å². The molecule has 0 bridgehead atoms. The SMILES string of the molecule is CC(=O)O[C@@]1(C)CO[C@@]2(C[C@@H]([C@@H]3CCC45CC34C=C[C@@H]3[C@@]4(C)CC=C6C[C@@H](c7ccccc7)OC[C@]6(C)[C@@H]4CC(=O)[C@]35C)C(=O)O2)C1. The number of carbonyl (C=O) groups is 3. The van der Waals surface area contributed by atoms with Crippen LogP contribution in [0.2, 0.25) is 0 Å². The normalized spacial score (nSPS) is 52.1. The lowest BCUT2D eigenvalue weighted by atomic mass is 9.39. The van der Waals surface area contributed by atoms with Crippen LogP contribution < -0.4 is 0 Å². The minimum Gasteiger partial charge on any atom is -0.457 e. The highest BCUT2D eigenvalue weighted by atomic mass is 16.7. The molecule has 3 saturated heterocycles. The van der Waals surface area contributed by atoms with Crippen molar-refractivity contribution >= 4 is 17.7 Å². The average molecular weight is 641 g/mol. The second-order valence-electron chi connectivity index (χ2n) is 17.6. The van der Waals surface area contributed by atoms with Crippen LogP contribution in [0, 0.1) is 50.7 Å². The van der Waals surface area contributed by atoms with Crippen molar-refractivity contribution in [3.63, 3.8) is 0 Å². The fourth-order valence-electron chi connectivity index (χ4n) is 13.2. The zero-order valence-electron chi connectivity index (χ0n) is 28.4. The summed E-state index contributed by atoms with van der Waals surface area (Å²) in [5, 5.41) is 0. The lowest BCUT2D eigenvalue weighted by Gasteiger charge is -2.64. The summed E-state index contributed by atoms with van der Waals surface area (Å²) in [6, 6.07) is 10.5. The Kier molecular flexibility index (Phi) is 5.97. The fourth-order valence-corrected chi connectivity index (χ4v) is 13.2. The van der Waals surface area contributed by atoms with Crippen molar-refractivity contribution in [2.75, 3.05) is 13.2 Å². The molecule has 0 amide bonds. The van der Waals surface area contributed by atoms with E-state index in [-0.39, 0.29) is 70.0 Å². The molecule has 9 rings (SSSR count). The molecule has 3 aliphatic heterocycles. The summed E-state index contributed by atoms with van der Waals surface area (Å²) in [6.07, 6.45) is 13.6. The maximum atomic E-state index is 14.8. The van der Waals surface area contributed by atoms with Crippen LogP contribution in [0.5, 0.6) is 0 Å². The summed E-state index contributed by atoms with van der Waals surface area (Å²) in [6.45, 7) is 11.2. The van der Waals surface area contributed by atoms with Gasteiger partial charge in [-0.1, -0.05) is 74.9 Å². The van der Waals surface area contributed by atoms with Gasteiger partial charge in [0.15, 0.2) is 0 Å². The van der Waals surface area contributed by atoms with E-state index in [2.05, 4.69) is 63.3 Å². The smallest absolute Gasteiger partial charge is 0.312 e. The Morgan fingerprint density at radius 2 is 1.79 bits per heavy atom. The van der Waals surface area contributed by atoms with E-state index in [0.717, 1.165) is 32.1 Å². The third-order valence-corrected chi connectivity index (χ3v) is 15.3. The largest absolute Gasteiger partial charge is 0.457 e. The van der Waals surface area contributed by atoms with E-state index < -0.39 is 16.8 Å². The molecule has 12 atom stereocenters. The molecule has 47 heavy (non-hydrogen) atoms. The third kappa shape index (κ3) is 3.68. The average Bonchev–Trinajstić information content (AvgIpc) is 3.23. The lowest BCUT2D eigenvalue weighted by Crippen LogP contribution is -2.63. The van der Waals surface area contributed by atoms with Crippen molar-refractivity contribution in [2.24, 2.45) is 50.7 Å². The molecular formula is C40H48O7. The van der Waals surface area contributed by atoms with Gasteiger partial charge in [-0.05, 0) is 78.6 Å². The van der Waals surface area contributed by atoms with Crippen molar-refractivity contribution in [1.82, 2.24) is 0 Å². The van der Waals surface area contributed by atoms with Crippen molar-refractivity contribution < 1.29 is 33.3 Å². The molecule has 0 N–H and O–H groups in total. The monoisotopic (exact) mass is 640 g/mol. The van der Waals surface area contributed by atoms with Crippen LogP contribution in [0.15, 0.2) is 54.1 Å². The number of carbonyl (C=O) groups excluding carboxylic acids is 3. The molecule has 7 nitrogen and oxygen atoms in total. The molecular weight excluding hydrogens is 592 g/mol. The molecule has 3 heterocycles. The van der Waals surface area contributed by atoms with E-state index in [1.807, 2.05) is 13.0 Å². The van der Waals surface area contributed by atoms with Crippen LogP contribution in [-0.2, 0) is 33.3 Å². The van der Waals surface area contributed by atoms with Gasteiger partial charge in [0.05, 0.1) is 31.7 Å². The minimum absolute atomic E-state index is 0.0584. The minimum atomic E-state index is -1.04. The Bertz CT molecular complexity index is 1650. The Balaban J connectivity index is 1.01. The zero-order chi connectivity index (χ0) is 32.8. The highest BCUT2D eigenvalue weighted by molar-refractivity contribution is 5.90. The van der Waals surface area contributed by atoms with E-state index in [1.54, 1.807) is 0 Å². The van der Waals surface area contributed by atoms with E-state index in [4.69, 9.17) is 18.9 Å². The van der Waals surface area contributed by atoms with E-state index >= 15 is 0 Å². The van der Waals surface area contributed by atoms with Gasteiger partial charge in [0.1, 0.15) is 11.4 Å². The predicted octanol–water partition coefficient (Wildman–Crippen LogP) is 7.06. The van der Waals surface area contributed by atoms with Crippen molar-refractivity contribution in [1.29, 1.82) is 0 Å². The maximum absolute atomic E-state index is 14.8. The number of benzene rings is 1. The van der Waals surface area contributed by atoms with Crippen LogP contribution >= 0.6 is 0 Å².